The Labute approximate surface area is 71.4 Å². The number of hydrogen-bond donors (Lipinski definition) is 2. The van der Waals surface area contributed by atoms with Crippen LogP contribution in [0.25, 0.3) is 0 Å². The van der Waals surface area contributed by atoms with Crippen LogP contribution in [0.1, 0.15) is 13.8 Å². The van der Waals surface area contributed by atoms with Crippen LogP contribution in [0, 0.1) is 5.92 Å². The topological polar surface area (TPSA) is 81.8 Å². The van der Waals surface area contributed by atoms with Crippen LogP contribution in [0.4, 0.5) is 0 Å². The molecule has 0 aliphatic rings. The SMILES string of the molecule is COC[C@](ON)(C(=O)O)C(C)C. The second-order valence-corrected chi connectivity index (χ2v) is 2.90. The Balaban J connectivity index is 4.63. The zero-order valence-corrected chi connectivity index (χ0v) is 7.53. The van der Waals surface area contributed by atoms with Gasteiger partial charge in [0.2, 0.25) is 5.60 Å². The first-order valence-electron chi connectivity index (χ1n) is 3.61. The monoisotopic (exact) mass is 177 g/mol. The fourth-order valence-electron chi connectivity index (χ4n) is 0.910. The summed E-state index contributed by atoms with van der Waals surface area (Å²) in [5, 5.41) is 8.84. The van der Waals surface area contributed by atoms with Crippen LogP contribution in [-0.4, -0.2) is 30.4 Å². The summed E-state index contributed by atoms with van der Waals surface area (Å²) in [7, 11) is 1.40. The third kappa shape index (κ3) is 1.94. The Kier molecular flexibility index (Phi) is 4.16. The molecule has 3 N–H and O–H groups in total. The van der Waals surface area contributed by atoms with Gasteiger partial charge in [-0.25, -0.2) is 10.7 Å². The fourth-order valence-corrected chi connectivity index (χ4v) is 0.910. The minimum atomic E-state index is -1.44. The van der Waals surface area contributed by atoms with Gasteiger partial charge in [-0.3, -0.25) is 4.84 Å². The lowest BCUT2D eigenvalue weighted by molar-refractivity contribution is -0.183. The van der Waals surface area contributed by atoms with E-state index in [1.54, 1.807) is 13.8 Å². The fraction of sp³-hybridized carbons (Fsp3) is 0.857. The van der Waals surface area contributed by atoms with Crippen molar-refractivity contribution in [3.63, 3.8) is 0 Å². The van der Waals surface area contributed by atoms with Gasteiger partial charge in [0.25, 0.3) is 0 Å². The number of carbonyl (C=O) groups is 1. The molecule has 72 valence electrons. The van der Waals surface area contributed by atoms with E-state index in [1.807, 2.05) is 0 Å². The van der Waals surface area contributed by atoms with Gasteiger partial charge in [0.15, 0.2) is 0 Å². The molecule has 1 atom stereocenters. The molecule has 0 rings (SSSR count). The second kappa shape index (κ2) is 4.39. The van der Waals surface area contributed by atoms with E-state index in [0.717, 1.165) is 0 Å². The summed E-state index contributed by atoms with van der Waals surface area (Å²) in [4.78, 5) is 15.3. The van der Waals surface area contributed by atoms with E-state index in [0.29, 0.717) is 0 Å². The highest BCUT2D eigenvalue weighted by Crippen LogP contribution is 2.20. The number of carboxylic acid groups (broad SMARTS) is 1. The molecule has 0 aromatic heterocycles. The summed E-state index contributed by atoms with van der Waals surface area (Å²) in [6.07, 6.45) is 0. The van der Waals surface area contributed by atoms with Crippen LogP contribution >= 0.6 is 0 Å². The first kappa shape index (κ1) is 11.4. The molecule has 0 spiro atoms. The van der Waals surface area contributed by atoms with Gasteiger partial charge in [-0.05, 0) is 5.92 Å². The quantitative estimate of drug-likeness (QED) is 0.578. The van der Waals surface area contributed by atoms with Gasteiger partial charge >= 0.3 is 5.97 Å². The molecule has 0 fully saturated rings. The highest BCUT2D eigenvalue weighted by Gasteiger charge is 2.43. The van der Waals surface area contributed by atoms with Crippen molar-refractivity contribution in [2.75, 3.05) is 13.7 Å². The largest absolute Gasteiger partial charge is 0.479 e. The van der Waals surface area contributed by atoms with Crippen LogP contribution < -0.4 is 5.90 Å². The lowest BCUT2D eigenvalue weighted by atomic mass is 9.91. The molecule has 12 heavy (non-hydrogen) atoms. The molecule has 0 unspecified atom stereocenters. The highest BCUT2D eigenvalue weighted by atomic mass is 16.7. The molecule has 0 aliphatic carbocycles. The first-order valence-corrected chi connectivity index (χ1v) is 3.61. The van der Waals surface area contributed by atoms with Gasteiger partial charge in [0.1, 0.15) is 0 Å². The zero-order valence-electron chi connectivity index (χ0n) is 7.53. The lowest BCUT2D eigenvalue weighted by Gasteiger charge is -2.29. The van der Waals surface area contributed by atoms with Gasteiger partial charge in [0.05, 0.1) is 6.61 Å². The van der Waals surface area contributed by atoms with E-state index < -0.39 is 11.6 Å². The molecule has 0 amide bonds. The summed E-state index contributed by atoms with van der Waals surface area (Å²) >= 11 is 0. The normalized spacial score (nSPS) is 16.1. The van der Waals surface area contributed by atoms with Crippen molar-refractivity contribution in [2.24, 2.45) is 11.8 Å². The third-order valence-corrected chi connectivity index (χ3v) is 1.86. The van der Waals surface area contributed by atoms with E-state index in [1.165, 1.54) is 7.11 Å². The smallest absolute Gasteiger partial charge is 0.340 e. The number of carboxylic acids is 1. The molecule has 0 aromatic carbocycles. The van der Waals surface area contributed by atoms with Crippen LogP contribution in [0.5, 0.6) is 0 Å². The predicted molar refractivity (Wildman–Crippen MR) is 42.4 cm³/mol. The number of rotatable bonds is 5. The summed E-state index contributed by atoms with van der Waals surface area (Å²) in [5.74, 6) is 3.58. The van der Waals surface area contributed by atoms with Gasteiger partial charge in [-0.1, -0.05) is 13.8 Å². The molecule has 0 heterocycles. The van der Waals surface area contributed by atoms with Crippen molar-refractivity contribution in [1.29, 1.82) is 0 Å². The van der Waals surface area contributed by atoms with Gasteiger partial charge in [0, 0.05) is 7.11 Å². The van der Waals surface area contributed by atoms with Crippen molar-refractivity contribution in [3.8, 4) is 0 Å². The van der Waals surface area contributed by atoms with Crippen LogP contribution in [0.3, 0.4) is 0 Å². The minimum absolute atomic E-state index is 0.0590. The summed E-state index contributed by atoms with van der Waals surface area (Å²) in [5.41, 5.74) is -1.44. The maximum Gasteiger partial charge on any atom is 0.340 e. The molecule has 0 aliphatic heterocycles. The molecule has 0 radical (unpaired) electrons. The molecule has 0 saturated carbocycles. The Morgan fingerprint density at radius 2 is 2.17 bits per heavy atom. The molecular formula is C7H15NO4. The highest BCUT2D eigenvalue weighted by molar-refractivity contribution is 5.78. The van der Waals surface area contributed by atoms with Gasteiger partial charge in [-0.2, -0.15) is 0 Å². The molecular weight excluding hydrogens is 162 g/mol. The van der Waals surface area contributed by atoms with Crippen molar-refractivity contribution in [3.05, 3.63) is 0 Å². The number of methoxy groups -OCH3 is 1. The van der Waals surface area contributed by atoms with Gasteiger partial charge in [-0.15, -0.1) is 0 Å². The van der Waals surface area contributed by atoms with Crippen LogP contribution in [0.15, 0.2) is 0 Å². The van der Waals surface area contributed by atoms with E-state index in [-0.39, 0.29) is 12.5 Å². The summed E-state index contributed by atoms with van der Waals surface area (Å²) in [6, 6.07) is 0. The number of nitrogens with two attached hydrogens (primary N) is 1. The summed E-state index contributed by atoms with van der Waals surface area (Å²) < 4.78 is 4.74. The molecule has 5 nitrogen and oxygen atoms in total. The van der Waals surface area contributed by atoms with E-state index >= 15 is 0 Å². The van der Waals surface area contributed by atoms with Crippen molar-refractivity contribution >= 4 is 5.97 Å². The average Bonchev–Trinajstić information content (AvgIpc) is 1.98. The minimum Gasteiger partial charge on any atom is -0.479 e. The van der Waals surface area contributed by atoms with Crippen molar-refractivity contribution < 1.29 is 19.5 Å². The number of hydrogen-bond acceptors (Lipinski definition) is 4. The number of aliphatic carboxylic acids is 1. The molecule has 5 heteroatoms. The Morgan fingerprint density at radius 1 is 1.67 bits per heavy atom. The third-order valence-electron chi connectivity index (χ3n) is 1.86. The Bertz CT molecular complexity index is 159. The van der Waals surface area contributed by atoms with Crippen LogP contribution in [0.2, 0.25) is 0 Å². The Hall–Kier alpha value is -0.650. The van der Waals surface area contributed by atoms with E-state index in [9.17, 15) is 4.79 Å². The van der Waals surface area contributed by atoms with E-state index in [2.05, 4.69) is 4.84 Å². The first-order chi connectivity index (χ1) is 5.51. The van der Waals surface area contributed by atoms with Crippen LogP contribution in [-0.2, 0) is 14.4 Å². The maximum atomic E-state index is 10.8. The van der Waals surface area contributed by atoms with Crippen molar-refractivity contribution in [1.82, 2.24) is 0 Å². The average molecular weight is 177 g/mol. The lowest BCUT2D eigenvalue weighted by Crippen LogP contribution is -2.52. The Morgan fingerprint density at radius 3 is 2.25 bits per heavy atom. The van der Waals surface area contributed by atoms with E-state index in [4.69, 9.17) is 15.7 Å². The second-order valence-electron chi connectivity index (χ2n) is 2.90. The number of ether oxygens (including phenoxy) is 1. The summed E-state index contributed by atoms with van der Waals surface area (Å²) in [6.45, 7) is 3.36. The molecule has 0 saturated heterocycles. The van der Waals surface area contributed by atoms with Crippen molar-refractivity contribution in [2.45, 2.75) is 19.4 Å². The standard InChI is InChI=1S/C7H15NO4/c1-5(2)7(12-8,4-11-3)6(9)10/h5H,4,8H2,1-3H3,(H,9,10)/t7-/m1/s1. The predicted octanol–water partition coefficient (Wildman–Crippen LogP) is 0.00250. The molecule has 0 bridgehead atoms. The maximum absolute atomic E-state index is 10.8. The molecule has 0 aromatic rings. The van der Waals surface area contributed by atoms with Gasteiger partial charge < -0.3 is 9.84 Å². The zero-order chi connectivity index (χ0) is 9.78.